The molecular weight excluding hydrogens is 297 g/mol. The fraction of sp³-hybridized carbons (Fsp3) is 0.429. The Morgan fingerprint density at radius 1 is 1.48 bits per heavy atom. The van der Waals surface area contributed by atoms with Gasteiger partial charge in [-0.2, -0.15) is 0 Å². The minimum atomic E-state index is -0.356. The van der Waals surface area contributed by atoms with Crippen molar-refractivity contribution in [3.8, 4) is 0 Å². The zero-order chi connectivity index (χ0) is 14.0. The van der Waals surface area contributed by atoms with Gasteiger partial charge in [0.1, 0.15) is 11.5 Å². The molecule has 0 aromatic heterocycles. The summed E-state index contributed by atoms with van der Waals surface area (Å²) in [6, 6.07) is 6.37. The SMILES string of the molecule is Cl.O=C(NCc1ccccc1F)C1=NOC2(CCNC2)C1. The summed E-state index contributed by atoms with van der Waals surface area (Å²) in [6.07, 6.45) is 1.35. The molecule has 0 radical (unpaired) electrons. The van der Waals surface area contributed by atoms with E-state index < -0.39 is 0 Å². The molecule has 2 heterocycles. The lowest BCUT2D eigenvalue weighted by atomic mass is 9.96. The molecule has 0 aliphatic carbocycles. The zero-order valence-electron chi connectivity index (χ0n) is 11.4. The van der Waals surface area contributed by atoms with E-state index in [4.69, 9.17) is 4.84 Å². The first-order valence-electron chi connectivity index (χ1n) is 6.66. The number of nitrogens with zero attached hydrogens (tertiary/aromatic N) is 1. The van der Waals surface area contributed by atoms with E-state index in [2.05, 4.69) is 15.8 Å². The highest BCUT2D eigenvalue weighted by Gasteiger charge is 2.43. The monoisotopic (exact) mass is 313 g/mol. The summed E-state index contributed by atoms with van der Waals surface area (Å²) < 4.78 is 13.4. The number of oxime groups is 1. The molecule has 2 N–H and O–H groups in total. The fourth-order valence-electron chi connectivity index (χ4n) is 2.51. The molecule has 1 saturated heterocycles. The maximum atomic E-state index is 13.4. The second kappa shape index (κ2) is 6.41. The van der Waals surface area contributed by atoms with Crippen LogP contribution in [0.25, 0.3) is 0 Å². The van der Waals surface area contributed by atoms with Crippen molar-refractivity contribution < 1.29 is 14.0 Å². The van der Waals surface area contributed by atoms with Crippen LogP contribution >= 0.6 is 12.4 Å². The quantitative estimate of drug-likeness (QED) is 0.886. The van der Waals surface area contributed by atoms with Crippen LogP contribution in [0.4, 0.5) is 4.39 Å². The van der Waals surface area contributed by atoms with Crippen molar-refractivity contribution in [3.05, 3.63) is 35.6 Å². The first kappa shape index (κ1) is 15.7. The van der Waals surface area contributed by atoms with Crippen LogP contribution in [0, 0.1) is 5.82 Å². The molecule has 1 atom stereocenters. The Morgan fingerprint density at radius 3 is 3.00 bits per heavy atom. The second-order valence-corrected chi connectivity index (χ2v) is 5.19. The molecule has 7 heteroatoms. The van der Waals surface area contributed by atoms with Crippen molar-refractivity contribution in [2.45, 2.75) is 25.0 Å². The average molecular weight is 314 g/mol. The molecule has 5 nitrogen and oxygen atoms in total. The Morgan fingerprint density at radius 2 is 2.29 bits per heavy atom. The molecule has 0 bridgehead atoms. The maximum absolute atomic E-state index is 13.4. The van der Waals surface area contributed by atoms with Crippen LogP contribution < -0.4 is 10.6 Å². The number of amides is 1. The van der Waals surface area contributed by atoms with Gasteiger partial charge in [0.15, 0.2) is 5.60 Å². The smallest absolute Gasteiger partial charge is 0.269 e. The highest BCUT2D eigenvalue weighted by molar-refractivity contribution is 6.39. The van der Waals surface area contributed by atoms with E-state index in [0.29, 0.717) is 24.2 Å². The van der Waals surface area contributed by atoms with E-state index in [9.17, 15) is 9.18 Å². The number of nitrogens with one attached hydrogen (secondary N) is 2. The van der Waals surface area contributed by atoms with E-state index >= 15 is 0 Å². The van der Waals surface area contributed by atoms with Gasteiger partial charge in [-0.3, -0.25) is 4.79 Å². The molecule has 114 valence electrons. The van der Waals surface area contributed by atoms with E-state index in [-0.39, 0.29) is 36.3 Å². The first-order chi connectivity index (χ1) is 9.69. The normalized spacial score (nSPS) is 23.4. The molecule has 21 heavy (non-hydrogen) atoms. The summed E-state index contributed by atoms with van der Waals surface area (Å²) in [6.45, 7) is 1.73. The summed E-state index contributed by atoms with van der Waals surface area (Å²) in [7, 11) is 0. The van der Waals surface area contributed by atoms with Crippen molar-refractivity contribution in [2.24, 2.45) is 5.16 Å². The molecule has 2 aliphatic rings. The van der Waals surface area contributed by atoms with Gasteiger partial charge in [0.2, 0.25) is 0 Å². The Bertz CT molecular complexity index is 559. The molecule has 1 amide bonds. The standard InChI is InChI=1S/C14H16FN3O2.ClH/c15-11-4-2-1-3-10(11)8-17-13(19)12-7-14(20-18-12)5-6-16-9-14;/h1-4,16H,5-9H2,(H,17,19);1H. The second-order valence-electron chi connectivity index (χ2n) is 5.19. The van der Waals surface area contributed by atoms with E-state index in [1.807, 2.05) is 0 Å². The third-order valence-corrected chi connectivity index (χ3v) is 3.70. The zero-order valence-corrected chi connectivity index (χ0v) is 12.2. The van der Waals surface area contributed by atoms with Crippen LogP contribution in [0.1, 0.15) is 18.4 Å². The molecule has 1 unspecified atom stereocenters. The maximum Gasteiger partial charge on any atom is 0.269 e. The van der Waals surface area contributed by atoms with Gasteiger partial charge in [-0.1, -0.05) is 23.4 Å². The molecule has 1 spiro atoms. The summed E-state index contributed by atoms with van der Waals surface area (Å²) in [4.78, 5) is 17.4. The van der Waals surface area contributed by atoms with E-state index in [0.717, 1.165) is 13.0 Å². The number of carbonyl (C=O) groups excluding carboxylic acids is 1. The Hall–Kier alpha value is -1.66. The number of benzene rings is 1. The van der Waals surface area contributed by atoms with Gasteiger partial charge in [0.25, 0.3) is 5.91 Å². The topological polar surface area (TPSA) is 62.7 Å². The number of hydrogen-bond donors (Lipinski definition) is 2. The van der Waals surface area contributed by atoms with Crippen LogP contribution in [0.5, 0.6) is 0 Å². The number of hydrogen-bond acceptors (Lipinski definition) is 4. The predicted octanol–water partition coefficient (Wildman–Crippen LogP) is 1.37. The van der Waals surface area contributed by atoms with Crippen LogP contribution in [0.15, 0.2) is 29.4 Å². The van der Waals surface area contributed by atoms with E-state index in [1.165, 1.54) is 6.07 Å². The molecule has 1 aromatic carbocycles. The minimum absolute atomic E-state index is 0. The van der Waals surface area contributed by atoms with Crippen LogP contribution in [-0.2, 0) is 16.2 Å². The molecule has 0 saturated carbocycles. The van der Waals surface area contributed by atoms with Crippen LogP contribution in [0.3, 0.4) is 0 Å². The lowest BCUT2D eigenvalue weighted by Gasteiger charge is -2.18. The van der Waals surface area contributed by atoms with Gasteiger partial charge in [0, 0.05) is 31.5 Å². The lowest BCUT2D eigenvalue weighted by Crippen LogP contribution is -2.36. The number of halogens is 2. The molecule has 1 aromatic rings. The fourth-order valence-corrected chi connectivity index (χ4v) is 2.51. The average Bonchev–Trinajstić information content (AvgIpc) is 3.08. The Kier molecular flexibility index (Phi) is 4.80. The van der Waals surface area contributed by atoms with Gasteiger partial charge < -0.3 is 15.5 Å². The van der Waals surface area contributed by atoms with Crippen molar-refractivity contribution in [1.82, 2.24) is 10.6 Å². The van der Waals surface area contributed by atoms with Crippen molar-refractivity contribution in [3.63, 3.8) is 0 Å². The molecular formula is C14H17ClFN3O2. The van der Waals surface area contributed by atoms with E-state index in [1.54, 1.807) is 18.2 Å². The lowest BCUT2D eigenvalue weighted by molar-refractivity contribution is -0.115. The van der Waals surface area contributed by atoms with Crippen molar-refractivity contribution in [1.29, 1.82) is 0 Å². The minimum Gasteiger partial charge on any atom is -0.387 e. The summed E-state index contributed by atoms with van der Waals surface area (Å²) >= 11 is 0. The van der Waals surface area contributed by atoms with Crippen LogP contribution in [-0.4, -0.2) is 30.3 Å². The van der Waals surface area contributed by atoms with Crippen molar-refractivity contribution in [2.75, 3.05) is 13.1 Å². The van der Waals surface area contributed by atoms with Gasteiger partial charge in [0.05, 0.1) is 0 Å². The van der Waals surface area contributed by atoms with Gasteiger partial charge in [-0.25, -0.2) is 4.39 Å². The highest BCUT2D eigenvalue weighted by atomic mass is 35.5. The van der Waals surface area contributed by atoms with Gasteiger partial charge >= 0.3 is 0 Å². The van der Waals surface area contributed by atoms with Gasteiger partial charge in [-0.15, -0.1) is 12.4 Å². The molecule has 2 aliphatic heterocycles. The molecule has 3 rings (SSSR count). The molecule has 1 fully saturated rings. The number of carbonyl (C=O) groups is 1. The third kappa shape index (κ3) is 3.33. The summed E-state index contributed by atoms with van der Waals surface area (Å²) in [5.74, 6) is -0.620. The largest absolute Gasteiger partial charge is 0.387 e. The summed E-state index contributed by atoms with van der Waals surface area (Å²) in [5, 5.41) is 9.75. The highest BCUT2D eigenvalue weighted by Crippen LogP contribution is 2.29. The van der Waals surface area contributed by atoms with Crippen LogP contribution in [0.2, 0.25) is 0 Å². The first-order valence-corrected chi connectivity index (χ1v) is 6.66. The number of rotatable bonds is 3. The van der Waals surface area contributed by atoms with Gasteiger partial charge in [-0.05, 0) is 12.6 Å². The predicted molar refractivity (Wildman–Crippen MR) is 78.8 cm³/mol. The van der Waals surface area contributed by atoms with Crippen molar-refractivity contribution >= 4 is 24.0 Å². The Balaban J connectivity index is 0.00000161. The summed E-state index contributed by atoms with van der Waals surface area (Å²) in [5.41, 5.74) is 0.479. The Labute approximate surface area is 128 Å². The third-order valence-electron chi connectivity index (χ3n) is 3.70.